The van der Waals surface area contributed by atoms with E-state index in [9.17, 15) is 5.26 Å². The maximum absolute atomic E-state index is 9.36. The third-order valence-electron chi connectivity index (χ3n) is 6.48. The summed E-state index contributed by atoms with van der Waals surface area (Å²) in [5, 5.41) is 13.8. The second-order valence-electron chi connectivity index (χ2n) is 9.07. The Kier molecular flexibility index (Phi) is 9.48. The second-order valence-corrected chi connectivity index (χ2v) is 10.2. The summed E-state index contributed by atoms with van der Waals surface area (Å²) in [6.07, 6.45) is 1.71. The van der Waals surface area contributed by atoms with Gasteiger partial charge in [-0.2, -0.15) is 20.3 Å². The van der Waals surface area contributed by atoms with E-state index in [0.717, 1.165) is 46.7 Å². The predicted octanol–water partition coefficient (Wildman–Crippen LogP) is 3.66. The first-order valence-electron chi connectivity index (χ1n) is 13.0. The number of nitrogens with zero attached hydrogens (tertiary/aromatic N) is 6. The number of nitriles is 1. The molecule has 3 aromatic rings. The zero-order valence-corrected chi connectivity index (χ0v) is 24.3. The molecule has 12 heteroatoms. The number of rotatable bonds is 9. The maximum atomic E-state index is 9.36. The quantitative estimate of drug-likeness (QED) is 0.208. The fourth-order valence-electron chi connectivity index (χ4n) is 4.37. The van der Waals surface area contributed by atoms with Gasteiger partial charge in [-0.25, -0.2) is 0 Å². The van der Waals surface area contributed by atoms with Crippen LogP contribution >= 0.6 is 22.6 Å². The smallest absolute Gasteiger partial charge is 0.229 e. The summed E-state index contributed by atoms with van der Waals surface area (Å²) in [4.78, 5) is 13.9. The number of benzene rings is 2. The molecule has 1 N–H and O–H groups in total. The largest absolute Gasteiger partial charge is 0.493 e. The second kappa shape index (κ2) is 13.6. The molecule has 0 radical (unpaired) electrons. The van der Waals surface area contributed by atoms with E-state index in [1.165, 1.54) is 0 Å². The van der Waals surface area contributed by atoms with Crippen molar-refractivity contribution in [3.05, 3.63) is 62.7 Å². The monoisotopic (exact) mass is 655 g/mol. The van der Waals surface area contributed by atoms with E-state index >= 15 is 0 Å². The topological polar surface area (TPSA) is 117 Å². The molecule has 5 rings (SSSR count). The van der Waals surface area contributed by atoms with Crippen LogP contribution in [0.5, 0.6) is 11.5 Å². The standard InChI is InChI=1S/C28H30IN7O4/c1-37-24-15-20(14-23(29)27(24)40-19-22-5-3-2-4-21(22)17-30)18-31-34-25-16-26(35-6-10-38-11-7-35)33-28(32-25)36-8-12-39-13-9-36/h2-5,14-16,18H,6-13,19H2,1H3,(H,32,33,34)/b31-18-. The molecule has 0 unspecified atom stereocenters. The Morgan fingerprint density at radius 3 is 2.50 bits per heavy atom. The highest BCUT2D eigenvalue weighted by atomic mass is 127. The van der Waals surface area contributed by atoms with Crippen LogP contribution in [0.2, 0.25) is 0 Å². The number of ether oxygens (including phenoxy) is 4. The molecule has 1 aromatic heterocycles. The summed E-state index contributed by atoms with van der Waals surface area (Å²) in [5.41, 5.74) is 5.31. The van der Waals surface area contributed by atoms with Gasteiger partial charge < -0.3 is 28.7 Å². The van der Waals surface area contributed by atoms with Crippen LogP contribution in [0.15, 0.2) is 47.6 Å². The Balaban J connectivity index is 1.32. The number of hydrazone groups is 1. The van der Waals surface area contributed by atoms with Gasteiger partial charge in [0.05, 0.1) is 55.0 Å². The van der Waals surface area contributed by atoms with Crippen molar-refractivity contribution < 1.29 is 18.9 Å². The van der Waals surface area contributed by atoms with Gasteiger partial charge in [-0.15, -0.1) is 0 Å². The fraction of sp³-hybridized carbons (Fsp3) is 0.357. The third kappa shape index (κ3) is 6.90. The van der Waals surface area contributed by atoms with E-state index in [0.29, 0.717) is 55.3 Å². The van der Waals surface area contributed by atoms with Crippen molar-refractivity contribution in [1.82, 2.24) is 9.97 Å². The molecule has 2 aliphatic heterocycles. The van der Waals surface area contributed by atoms with E-state index in [-0.39, 0.29) is 6.61 Å². The Labute approximate surface area is 246 Å². The van der Waals surface area contributed by atoms with Gasteiger partial charge in [-0.05, 0) is 46.4 Å². The van der Waals surface area contributed by atoms with Crippen LogP contribution in [-0.4, -0.2) is 75.9 Å². The Morgan fingerprint density at radius 2 is 1.77 bits per heavy atom. The molecule has 0 bridgehead atoms. The first-order chi connectivity index (χ1) is 19.6. The highest BCUT2D eigenvalue weighted by molar-refractivity contribution is 14.1. The Bertz CT molecular complexity index is 1350. The summed E-state index contributed by atoms with van der Waals surface area (Å²) in [5.74, 6) is 3.29. The van der Waals surface area contributed by atoms with Crippen molar-refractivity contribution >= 4 is 46.4 Å². The van der Waals surface area contributed by atoms with E-state index in [2.05, 4.69) is 49.0 Å². The molecule has 0 aliphatic carbocycles. The van der Waals surface area contributed by atoms with Crippen molar-refractivity contribution in [3.8, 4) is 17.6 Å². The first-order valence-corrected chi connectivity index (χ1v) is 14.0. The molecular formula is C28H30IN7O4. The van der Waals surface area contributed by atoms with Crippen molar-refractivity contribution in [1.29, 1.82) is 5.26 Å². The van der Waals surface area contributed by atoms with Gasteiger partial charge in [-0.1, -0.05) is 18.2 Å². The molecule has 3 heterocycles. The number of methoxy groups -OCH3 is 1. The summed E-state index contributed by atoms with van der Waals surface area (Å²) in [6, 6.07) is 15.3. The molecular weight excluding hydrogens is 625 g/mol. The van der Waals surface area contributed by atoms with Gasteiger partial charge in [0.25, 0.3) is 0 Å². The SMILES string of the molecule is COc1cc(/C=N\Nc2cc(N3CCOCC3)nc(N3CCOCC3)n2)cc(I)c1OCc1ccccc1C#N. The van der Waals surface area contributed by atoms with Gasteiger partial charge in [0, 0.05) is 37.8 Å². The number of morpholine rings is 2. The highest BCUT2D eigenvalue weighted by Gasteiger charge is 2.19. The number of nitrogens with one attached hydrogen (secondary N) is 1. The number of aromatic nitrogens is 2. The van der Waals surface area contributed by atoms with Gasteiger partial charge in [0.1, 0.15) is 12.4 Å². The molecule has 2 fully saturated rings. The maximum Gasteiger partial charge on any atom is 0.229 e. The molecule has 0 atom stereocenters. The molecule has 0 amide bonds. The lowest BCUT2D eigenvalue weighted by Crippen LogP contribution is -2.39. The summed E-state index contributed by atoms with van der Waals surface area (Å²) in [6.45, 7) is 5.93. The van der Waals surface area contributed by atoms with Crippen LogP contribution in [0, 0.1) is 14.9 Å². The minimum absolute atomic E-state index is 0.260. The molecule has 11 nitrogen and oxygen atoms in total. The van der Waals surface area contributed by atoms with Crippen molar-refractivity contribution in [2.45, 2.75) is 6.61 Å². The molecule has 208 valence electrons. The molecule has 0 spiro atoms. The molecule has 0 saturated carbocycles. The highest BCUT2D eigenvalue weighted by Crippen LogP contribution is 2.34. The molecule has 2 aliphatic rings. The van der Waals surface area contributed by atoms with Crippen LogP contribution in [0.4, 0.5) is 17.6 Å². The Morgan fingerprint density at radius 1 is 1.05 bits per heavy atom. The van der Waals surface area contributed by atoms with Gasteiger partial charge >= 0.3 is 0 Å². The van der Waals surface area contributed by atoms with Crippen LogP contribution in [-0.2, 0) is 16.1 Å². The third-order valence-corrected chi connectivity index (χ3v) is 7.29. The van der Waals surface area contributed by atoms with Crippen molar-refractivity contribution in [3.63, 3.8) is 0 Å². The van der Waals surface area contributed by atoms with E-state index < -0.39 is 0 Å². The van der Waals surface area contributed by atoms with Crippen LogP contribution in [0.3, 0.4) is 0 Å². The van der Waals surface area contributed by atoms with Gasteiger partial charge in [-0.3, -0.25) is 5.43 Å². The molecule has 2 saturated heterocycles. The minimum Gasteiger partial charge on any atom is -0.493 e. The first kappa shape index (κ1) is 27.9. The fourth-order valence-corrected chi connectivity index (χ4v) is 5.15. The summed E-state index contributed by atoms with van der Waals surface area (Å²) < 4.78 is 23.6. The van der Waals surface area contributed by atoms with E-state index in [1.54, 1.807) is 19.4 Å². The lowest BCUT2D eigenvalue weighted by molar-refractivity contribution is 0.121. The number of hydrogen-bond donors (Lipinski definition) is 1. The normalized spacial score (nSPS) is 15.6. The van der Waals surface area contributed by atoms with Gasteiger partial charge in [0.15, 0.2) is 17.3 Å². The van der Waals surface area contributed by atoms with Crippen LogP contribution in [0.1, 0.15) is 16.7 Å². The number of anilines is 3. The number of halogens is 1. The predicted molar refractivity (Wildman–Crippen MR) is 161 cm³/mol. The summed E-state index contributed by atoms with van der Waals surface area (Å²) in [7, 11) is 1.60. The van der Waals surface area contributed by atoms with Crippen molar-refractivity contribution in [2.75, 3.05) is 74.9 Å². The zero-order chi connectivity index (χ0) is 27.7. The molecule has 2 aromatic carbocycles. The van der Waals surface area contributed by atoms with Crippen molar-refractivity contribution in [2.24, 2.45) is 5.10 Å². The summed E-state index contributed by atoms with van der Waals surface area (Å²) >= 11 is 2.21. The molecule has 40 heavy (non-hydrogen) atoms. The number of hydrogen-bond acceptors (Lipinski definition) is 11. The lowest BCUT2D eigenvalue weighted by Gasteiger charge is -2.31. The van der Waals surface area contributed by atoms with E-state index in [4.69, 9.17) is 28.9 Å². The Hall–Kier alpha value is -3.67. The zero-order valence-electron chi connectivity index (χ0n) is 22.2. The average molecular weight is 655 g/mol. The average Bonchev–Trinajstić information content (AvgIpc) is 3.01. The lowest BCUT2D eigenvalue weighted by atomic mass is 10.1. The van der Waals surface area contributed by atoms with Crippen LogP contribution < -0.4 is 24.7 Å². The van der Waals surface area contributed by atoms with Crippen LogP contribution in [0.25, 0.3) is 0 Å². The minimum atomic E-state index is 0.260. The van der Waals surface area contributed by atoms with E-state index in [1.807, 2.05) is 36.4 Å². The van der Waals surface area contributed by atoms with Gasteiger partial charge in [0.2, 0.25) is 5.95 Å².